The van der Waals surface area contributed by atoms with E-state index < -0.39 is 17.1 Å². The van der Waals surface area contributed by atoms with Crippen molar-refractivity contribution in [1.29, 1.82) is 0 Å². The first-order chi connectivity index (χ1) is 6.97. The van der Waals surface area contributed by atoms with Crippen molar-refractivity contribution in [1.82, 2.24) is 5.01 Å². The summed E-state index contributed by atoms with van der Waals surface area (Å²) in [5.41, 5.74) is 0. The minimum absolute atomic E-state index is 0.0322. The van der Waals surface area contributed by atoms with Crippen LogP contribution in [0.5, 0.6) is 0 Å². The summed E-state index contributed by atoms with van der Waals surface area (Å²) in [6.45, 7) is 0.303. The van der Waals surface area contributed by atoms with Gasteiger partial charge in [0.2, 0.25) is 11.0 Å². The van der Waals surface area contributed by atoms with Gasteiger partial charge in [0, 0.05) is 13.0 Å². The van der Waals surface area contributed by atoms with Crippen LogP contribution in [0.15, 0.2) is 10.1 Å². The molecule has 82 valence electrons. The Kier molecular flexibility index (Phi) is 2.45. The van der Waals surface area contributed by atoms with Crippen LogP contribution in [0.25, 0.3) is 0 Å². The van der Waals surface area contributed by atoms with E-state index in [1.807, 2.05) is 0 Å². The molecule has 0 saturated carbocycles. The van der Waals surface area contributed by atoms with E-state index in [1.54, 1.807) is 0 Å². The Morgan fingerprint density at radius 1 is 1.40 bits per heavy atom. The van der Waals surface area contributed by atoms with Gasteiger partial charge in [0.25, 0.3) is 0 Å². The summed E-state index contributed by atoms with van der Waals surface area (Å²) in [6, 6.07) is 0. The highest BCUT2D eigenvalue weighted by Crippen LogP contribution is 2.33. The zero-order valence-corrected chi connectivity index (χ0v) is 8.23. The maximum absolute atomic E-state index is 12.3. The van der Waals surface area contributed by atoms with Crippen LogP contribution < -0.4 is 0 Å². The van der Waals surface area contributed by atoms with Crippen LogP contribution in [0.1, 0.15) is 12.8 Å². The second-order valence-corrected chi connectivity index (χ2v) is 3.98. The van der Waals surface area contributed by atoms with Gasteiger partial charge in [-0.3, -0.25) is 4.79 Å². The summed E-state index contributed by atoms with van der Waals surface area (Å²) in [5.74, 6) is -0.390. The van der Waals surface area contributed by atoms with Crippen molar-refractivity contribution in [2.75, 3.05) is 6.54 Å². The number of amides is 1. The van der Waals surface area contributed by atoms with Gasteiger partial charge in [-0.2, -0.15) is 23.3 Å². The van der Waals surface area contributed by atoms with E-state index in [9.17, 15) is 18.0 Å². The maximum Gasteiger partial charge on any atom is 0.441 e. The van der Waals surface area contributed by atoms with Gasteiger partial charge in [-0.05, 0) is 18.2 Å². The fourth-order valence-electron chi connectivity index (χ4n) is 1.20. The molecule has 0 aromatic rings. The van der Waals surface area contributed by atoms with Gasteiger partial charge >= 0.3 is 6.18 Å². The van der Waals surface area contributed by atoms with Gasteiger partial charge in [-0.1, -0.05) is 0 Å². The molecule has 15 heavy (non-hydrogen) atoms. The molecule has 0 aromatic heterocycles. The zero-order valence-electron chi connectivity index (χ0n) is 7.41. The molecule has 2 rings (SSSR count). The number of hydrogen-bond donors (Lipinski definition) is 0. The number of thioether (sulfide) groups is 1. The third-order valence-corrected chi connectivity index (χ3v) is 2.83. The van der Waals surface area contributed by atoms with Gasteiger partial charge in [0.15, 0.2) is 5.17 Å². The number of hydrazone groups is 1. The lowest BCUT2D eigenvalue weighted by atomic mass is 10.3. The van der Waals surface area contributed by atoms with Crippen molar-refractivity contribution in [3.63, 3.8) is 0 Å². The first-order valence-electron chi connectivity index (χ1n) is 4.19. The summed E-state index contributed by atoms with van der Waals surface area (Å²) in [7, 11) is 0. The SMILES string of the molecule is O=C1CCCN2N=C(C(F)(F)F)SC2=N1. The molecule has 0 atom stereocenters. The normalized spacial score (nSPS) is 22.1. The summed E-state index contributed by atoms with van der Waals surface area (Å²) < 4.78 is 36.8. The quantitative estimate of drug-likeness (QED) is 0.642. The highest BCUT2D eigenvalue weighted by atomic mass is 32.2. The smallest absolute Gasteiger partial charge is 0.273 e. The predicted molar refractivity (Wildman–Crippen MR) is 49.5 cm³/mol. The fraction of sp³-hybridized carbons (Fsp3) is 0.571. The number of carbonyl (C=O) groups is 1. The summed E-state index contributed by atoms with van der Waals surface area (Å²) in [4.78, 5) is 14.6. The zero-order chi connectivity index (χ0) is 11.1. The molecule has 0 unspecified atom stereocenters. The Morgan fingerprint density at radius 3 is 2.80 bits per heavy atom. The van der Waals surface area contributed by atoms with Crippen LogP contribution >= 0.6 is 11.8 Å². The molecule has 2 aliphatic rings. The molecule has 4 nitrogen and oxygen atoms in total. The van der Waals surface area contributed by atoms with Crippen LogP contribution in [0.2, 0.25) is 0 Å². The number of amidine groups is 1. The summed E-state index contributed by atoms with van der Waals surface area (Å²) >= 11 is 0.399. The molecular weight excluding hydrogens is 231 g/mol. The molecule has 0 aliphatic carbocycles. The Bertz CT molecular complexity index is 363. The highest BCUT2D eigenvalue weighted by molar-refractivity contribution is 8.27. The number of halogens is 3. The van der Waals surface area contributed by atoms with Crippen molar-refractivity contribution in [2.45, 2.75) is 19.0 Å². The van der Waals surface area contributed by atoms with E-state index in [-0.39, 0.29) is 11.6 Å². The average Bonchev–Trinajstić information content (AvgIpc) is 2.41. The number of rotatable bonds is 0. The summed E-state index contributed by atoms with van der Waals surface area (Å²) in [5, 5.41) is 3.59. The molecule has 0 saturated heterocycles. The molecule has 0 radical (unpaired) electrons. The van der Waals surface area contributed by atoms with Gasteiger partial charge in [-0.25, -0.2) is 5.01 Å². The maximum atomic E-state index is 12.3. The number of hydrogen-bond acceptors (Lipinski definition) is 4. The third kappa shape index (κ3) is 2.14. The van der Waals surface area contributed by atoms with Crippen molar-refractivity contribution in [2.24, 2.45) is 10.1 Å². The van der Waals surface area contributed by atoms with E-state index in [0.29, 0.717) is 24.7 Å². The standard InChI is InChI=1S/C7H6F3N3OS/c8-7(9,10)5-12-13-3-1-2-4(14)11-6(13)15-5/h1-3H2. The number of nitrogens with zero attached hydrogens (tertiary/aromatic N) is 3. The molecule has 2 aliphatic heterocycles. The van der Waals surface area contributed by atoms with Crippen molar-refractivity contribution in [3.05, 3.63) is 0 Å². The van der Waals surface area contributed by atoms with Crippen LogP contribution in [0, 0.1) is 0 Å². The third-order valence-electron chi connectivity index (χ3n) is 1.84. The van der Waals surface area contributed by atoms with Crippen LogP contribution in [0.3, 0.4) is 0 Å². The molecule has 0 spiro atoms. The van der Waals surface area contributed by atoms with E-state index in [0.717, 1.165) is 5.01 Å². The number of fused-ring (bicyclic) bond motifs is 1. The molecule has 2 heterocycles. The van der Waals surface area contributed by atoms with Crippen LogP contribution in [-0.4, -0.2) is 33.8 Å². The van der Waals surface area contributed by atoms with E-state index in [1.165, 1.54) is 0 Å². The number of carbonyl (C=O) groups excluding carboxylic acids is 1. The highest BCUT2D eigenvalue weighted by Gasteiger charge is 2.43. The number of aliphatic imine (C=N–C) groups is 1. The van der Waals surface area contributed by atoms with E-state index >= 15 is 0 Å². The second-order valence-electron chi connectivity index (χ2n) is 3.02. The Balaban J connectivity index is 2.23. The average molecular weight is 237 g/mol. The largest absolute Gasteiger partial charge is 0.441 e. The van der Waals surface area contributed by atoms with Gasteiger partial charge in [-0.15, -0.1) is 0 Å². The van der Waals surface area contributed by atoms with E-state index in [2.05, 4.69) is 10.1 Å². The van der Waals surface area contributed by atoms with Crippen molar-refractivity contribution in [3.8, 4) is 0 Å². The molecule has 0 fully saturated rings. The van der Waals surface area contributed by atoms with Crippen LogP contribution in [-0.2, 0) is 4.79 Å². The van der Waals surface area contributed by atoms with Crippen LogP contribution in [0.4, 0.5) is 13.2 Å². The van der Waals surface area contributed by atoms with Crippen molar-refractivity contribution >= 4 is 27.9 Å². The minimum Gasteiger partial charge on any atom is -0.273 e. The molecule has 1 amide bonds. The topological polar surface area (TPSA) is 45.0 Å². The summed E-state index contributed by atoms with van der Waals surface area (Å²) in [6.07, 6.45) is -3.74. The Hall–Kier alpha value is -1.05. The van der Waals surface area contributed by atoms with Gasteiger partial charge in [0.1, 0.15) is 0 Å². The first kappa shape index (κ1) is 10.5. The first-order valence-corrected chi connectivity index (χ1v) is 5.01. The molecular formula is C7H6F3N3OS. The monoisotopic (exact) mass is 237 g/mol. The Labute approximate surface area is 87.2 Å². The van der Waals surface area contributed by atoms with Gasteiger partial charge < -0.3 is 0 Å². The minimum atomic E-state index is -4.47. The lowest BCUT2D eigenvalue weighted by molar-refractivity contribution is -0.117. The fourth-order valence-corrected chi connectivity index (χ4v) is 2.01. The number of alkyl halides is 3. The van der Waals surface area contributed by atoms with Gasteiger partial charge in [0.05, 0.1) is 0 Å². The molecule has 0 aromatic carbocycles. The van der Waals surface area contributed by atoms with E-state index in [4.69, 9.17) is 0 Å². The lowest BCUT2D eigenvalue weighted by Crippen LogP contribution is -2.19. The van der Waals surface area contributed by atoms with Crippen molar-refractivity contribution < 1.29 is 18.0 Å². The Morgan fingerprint density at radius 2 is 2.13 bits per heavy atom. The predicted octanol–water partition coefficient (Wildman–Crippen LogP) is 1.59. The second kappa shape index (κ2) is 3.51. The molecule has 8 heteroatoms. The molecule has 0 N–H and O–H groups in total. The lowest BCUT2D eigenvalue weighted by Gasteiger charge is -2.09. The molecule has 0 bridgehead atoms.